The number of hydrogen-bond acceptors (Lipinski definition) is 16. The van der Waals surface area contributed by atoms with Gasteiger partial charge in [-0.05, 0) is 132 Å². The van der Waals surface area contributed by atoms with Gasteiger partial charge < -0.3 is 42.6 Å². The molecule has 16 heteroatoms. The van der Waals surface area contributed by atoms with Gasteiger partial charge in [0.2, 0.25) is 0 Å². The molecule has 0 aromatic heterocycles. The number of hydrogen-bond donors (Lipinski definition) is 0. The molecule has 0 atom stereocenters. The number of rotatable bonds is 27. The molecule has 75 heavy (non-hydrogen) atoms. The van der Waals surface area contributed by atoms with Crippen LogP contribution in [0, 0.1) is 0 Å². The third kappa shape index (κ3) is 17.9. The third-order valence-corrected chi connectivity index (χ3v) is 12.5. The minimum Gasteiger partial charge on any atom is -0.496 e. The highest BCUT2D eigenvalue weighted by atomic mass is 16.6. The van der Waals surface area contributed by atoms with E-state index in [2.05, 4.69) is 59.8 Å². The number of esters is 5. The molecule has 0 unspecified atom stereocenters. The molecule has 0 saturated heterocycles. The summed E-state index contributed by atoms with van der Waals surface area (Å²) >= 11 is 0. The molecule has 1 aliphatic carbocycles. The quantitative estimate of drug-likeness (QED) is 0.0161. The summed E-state index contributed by atoms with van der Waals surface area (Å²) in [6.07, 6.45) is 5.75. The Balaban J connectivity index is 1.71. The van der Waals surface area contributed by atoms with Crippen LogP contribution in [0.3, 0.4) is 0 Å². The van der Waals surface area contributed by atoms with Gasteiger partial charge in [-0.2, -0.15) is 0 Å². The number of ketones is 2. The average molecular weight is 1040 g/mol. The van der Waals surface area contributed by atoms with Crippen LogP contribution in [0.5, 0.6) is 23.0 Å². The molecule has 0 heterocycles. The van der Waals surface area contributed by atoms with Crippen molar-refractivity contribution in [3.63, 3.8) is 0 Å². The normalized spacial score (nSPS) is 11.6. The molecule has 4 aromatic carbocycles. The fourth-order valence-electron chi connectivity index (χ4n) is 9.45. The fourth-order valence-corrected chi connectivity index (χ4v) is 9.45. The fraction of sp³-hybridized carbons (Fsp3) is 0.441. The Bertz CT molecular complexity index is 2720. The molecular weight excluding hydrogens is 965 g/mol. The first kappa shape index (κ1) is 58.4. The van der Waals surface area contributed by atoms with Crippen LogP contribution >= 0.6 is 0 Å². The lowest BCUT2D eigenvalue weighted by Crippen LogP contribution is -2.13. The summed E-state index contributed by atoms with van der Waals surface area (Å²) in [7, 11) is 7.79. The highest BCUT2D eigenvalue weighted by Gasteiger charge is 2.24. The smallest absolute Gasteiger partial charge is 0.330 e. The van der Waals surface area contributed by atoms with Crippen molar-refractivity contribution in [1.29, 1.82) is 0 Å². The van der Waals surface area contributed by atoms with Gasteiger partial charge >= 0.3 is 29.8 Å². The number of aryl methyl sites for hydroxylation is 4. The van der Waals surface area contributed by atoms with Crippen LogP contribution < -0.4 is 18.9 Å². The molecule has 1 aliphatic rings. The molecule has 402 valence electrons. The Morgan fingerprint density at radius 3 is 0.880 bits per heavy atom. The first-order chi connectivity index (χ1) is 36.1. The van der Waals surface area contributed by atoms with Gasteiger partial charge in [-0.15, -0.1) is 0 Å². The molecule has 0 N–H and O–H groups in total. The summed E-state index contributed by atoms with van der Waals surface area (Å²) < 4.78 is 51.5. The highest BCUT2D eigenvalue weighted by Crippen LogP contribution is 2.41. The number of fused-ring (bicyclic) bond motifs is 8. The van der Waals surface area contributed by atoms with E-state index in [1.165, 1.54) is 21.0 Å². The van der Waals surface area contributed by atoms with Gasteiger partial charge in [0.05, 0.1) is 62.0 Å². The van der Waals surface area contributed by atoms with E-state index in [0.717, 1.165) is 72.8 Å². The molecular formula is C59H70O16. The minimum absolute atomic E-state index is 0.0804. The zero-order valence-corrected chi connectivity index (χ0v) is 44.4. The van der Waals surface area contributed by atoms with Crippen LogP contribution in [0.1, 0.15) is 126 Å². The Morgan fingerprint density at radius 2 is 0.653 bits per heavy atom. The maximum atomic E-state index is 12.4. The molecule has 0 saturated carbocycles. The monoisotopic (exact) mass is 1030 g/mol. The zero-order chi connectivity index (χ0) is 54.4. The van der Waals surface area contributed by atoms with Crippen LogP contribution in [0.4, 0.5) is 0 Å². The van der Waals surface area contributed by atoms with Crippen molar-refractivity contribution in [1.82, 2.24) is 0 Å². The Labute approximate surface area is 439 Å². The maximum absolute atomic E-state index is 12.4. The lowest BCUT2D eigenvalue weighted by molar-refractivity contribution is -0.153. The van der Waals surface area contributed by atoms with Crippen LogP contribution in [-0.4, -0.2) is 103 Å². The number of Topliss-reactive ketones (excluding diaryl/α,β-unsaturated/α-hetero) is 2. The van der Waals surface area contributed by atoms with E-state index in [4.69, 9.17) is 37.9 Å². The van der Waals surface area contributed by atoms with Crippen molar-refractivity contribution in [2.75, 3.05) is 62.0 Å². The van der Waals surface area contributed by atoms with Crippen molar-refractivity contribution in [3.05, 3.63) is 128 Å². The van der Waals surface area contributed by atoms with Gasteiger partial charge in [-0.1, -0.05) is 55.1 Å². The van der Waals surface area contributed by atoms with E-state index >= 15 is 0 Å². The summed E-state index contributed by atoms with van der Waals surface area (Å²) in [5.41, 5.74) is 10.9. The number of methoxy groups -OCH3 is 5. The molecule has 16 nitrogen and oxygen atoms in total. The summed E-state index contributed by atoms with van der Waals surface area (Å²) in [6, 6.07) is 16.8. The maximum Gasteiger partial charge on any atom is 0.330 e. The van der Waals surface area contributed by atoms with Crippen molar-refractivity contribution < 1.29 is 76.2 Å². The minimum atomic E-state index is -0.679. The molecule has 0 aliphatic heterocycles. The number of carbonyl (C=O) groups excluding carboxylic acids is 7. The third-order valence-electron chi connectivity index (χ3n) is 12.5. The second-order valence-electron chi connectivity index (χ2n) is 18.5. The van der Waals surface area contributed by atoms with Gasteiger partial charge in [0, 0.05) is 31.8 Å². The van der Waals surface area contributed by atoms with E-state index in [1.54, 1.807) is 28.4 Å². The van der Waals surface area contributed by atoms with Crippen LogP contribution in [-0.2, 0) is 109 Å². The molecule has 5 rings (SSSR count). The molecule has 8 bridgehead atoms. The molecule has 0 radical (unpaired) electrons. The second kappa shape index (κ2) is 29.4. The van der Waals surface area contributed by atoms with Crippen LogP contribution in [0.25, 0.3) is 0 Å². The van der Waals surface area contributed by atoms with Crippen LogP contribution in [0.15, 0.2) is 61.2 Å². The number of benzene rings is 4. The lowest BCUT2D eigenvalue weighted by atomic mass is 9.87. The van der Waals surface area contributed by atoms with E-state index < -0.39 is 36.3 Å². The van der Waals surface area contributed by atoms with Crippen molar-refractivity contribution in [3.8, 4) is 23.0 Å². The van der Waals surface area contributed by atoms with E-state index in [-0.39, 0.29) is 50.8 Å². The standard InChI is InChI=1S/C59H70O16/c1-9-51(62)72-18-10-14-39-24-43-32-45-26-40(15-11-19-73-53(64)22-37(2)60)27-46(57(45)69-6)34-47-28-41(16-12-20-74-54(65)23-38(3)61)29-48(58(47)70-7)35-50-31-42(17-13-21-75-55(66)36-52(63)67-4)30-49(59(50)71-8)33-44(25-39)56(43)68-5/h9,24-31H,1,10-23,32-36H2,2-8H3. The summed E-state index contributed by atoms with van der Waals surface area (Å²) in [4.78, 5) is 83.8. The van der Waals surface area contributed by atoms with E-state index in [9.17, 15) is 33.6 Å². The van der Waals surface area contributed by atoms with Gasteiger partial charge in [-0.25, -0.2) is 4.79 Å². The second-order valence-corrected chi connectivity index (χ2v) is 18.5. The van der Waals surface area contributed by atoms with Crippen molar-refractivity contribution >= 4 is 41.4 Å². The predicted molar refractivity (Wildman–Crippen MR) is 278 cm³/mol. The topological polar surface area (TPSA) is 203 Å². The molecule has 0 fully saturated rings. The largest absolute Gasteiger partial charge is 0.496 e. The van der Waals surface area contributed by atoms with Gasteiger partial charge in [0.1, 0.15) is 53.8 Å². The summed E-state index contributed by atoms with van der Waals surface area (Å²) in [6.45, 7) is 6.73. The van der Waals surface area contributed by atoms with E-state index in [1.807, 2.05) is 0 Å². The molecule has 0 amide bonds. The van der Waals surface area contributed by atoms with Crippen molar-refractivity contribution in [2.45, 2.75) is 110 Å². The van der Waals surface area contributed by atoms with Gasteiger partial charge in [0.15, 0.2) is 0 Å². The van der Waals surface area contributed by atoms with Crippen LogP contribution in [0.2, 0.25) is 0 Å². The van der Waals surface area contributed by atoms with Gasteiger partial charge in [0.25, 0.3) is 0 Å². The molecule has 4 aromatic rings. The Kier molecular flexibility index (Phi) is 22.9. The Hall–Kier alpha value is -7.49. The zero-order valence-electron chi connectivity index (χ0n) is 44.4. The number of carbonyl (C=O) groups is 7. The first-order valence-corrected chi connectivity index (χ1v) is 25.1. The number of ether oxygens (including phenoxy) is 9. The summed E-state index contributed by atoms with van der Waals surface area (Å²) in [5.74, 6) is -0.866. The molecule has 0 spiro atoms. The van der Waals surface area contributed by atoms with Crippen molar-refractivity contribution in [2.24, 2.45) is 0 Å². The first-order valence-electron chi connectivity index (χ1n) is 25.1. The Morgan fingerprint density at radius 1 is 0.400 bits per heavy atom. The van der Waals surface area contributed by atoms with Gasteiger partial charge in [-0.3, -0.25) is 28.8 Å². The lowest BCUT2D eigenvalue weighted by Gasteiger charge is -2.23. The average Bonchev–Trinajstić information content (AvgIpc) is 3.36. The predicted octanol–water partition coefficient (Wildman–Crippen LogP) is 8.01. The SMILES string of the molecule is C=CC(=O)OCCCc1cc2c(OC)c(c1)Cc1cc(CCCOC(=O)CC(=O)OC)cc(c1OC)Cc1cc(CCCOC(=O)CC(C)=O)cc(c1OC)Cc1cc(CCCOC(=O)CC(C)=O)cc(c1OC)C2. The highest BCUT2D eigenvalue weighted by molar-refractivity contribution is 5.94. The summed E-state index contributed by atoms with van der Waals surface area (Å²) in [5, 5.41) is 0. The van der Waals surface area contributed by atoms with E-state index in [0.29, 0.717) is 100 Å².